The van der Waals surface area contributed by atoms with E-state index in [0.717, 1.165) is 30.0 Å². The number of aryl methyl sites for hydroxylation is 1. The fourth-order valence-electron chi connectivity index (χ4n) is 2.53. The Bertz CT molecular complexity index is 758. The molecule has 1 aromatic heterocycles. The van der Waals surface area contributed by atoms with Gasteiger partial charge in [-0.1, -0.05) is 6.07 Å². The standard InChI is InChI=1S/C20H31N5O3/c1-5-21-19(23-15-20(2,26)16-13-24-25(3)14-16)22-10-7-11-28-18-9-6-8-17(12-18)27-4/h6,8-9,12-14,26H,5,7,10-11,15H2,1-4H3,(H2,21,22,23). The lowest BCUT2D eigenvalue weighted by molar-refractivity contribution is 0.0672. The molecule has 2 aromatic rings. The number of rotatable bonds is 10. The minimum absolute atomic E-state index is 0.230. The van der Waals surface area contributed by atoms with Gasteiger partial charge < -0.3 is 25.2 Å². The number of hydrogen-bond acceptors (Lipinski definition) is 5. The third kappa shape index (κ3) is 6.77. The third-order valence-electron chi connectivity index (χ3n) is 4.14. The molecule has 0 aliphatic carbocycles. The molecule has 0 amide bonds. The highest BCUT2D eigenvalue weighted by Gasteiger charge is 2.24. The predicted molar refractivity (Wildman–Crippen MR) is 110 cm³/mol. The number of aromatic nitrogens is 2. The molecule has 0 saturated carbocycles. The van der Waals surface area contributed by atoms with E-state index >= 15 is 0 Å². The van der Waals surface area contributed by atoms with Crippen molar-refractivity contribution in [2.24, 2.45) is 12.0 Å². The van der Waals surface area contributed by atoms with E-state index in [1.54, 1.807) is 31.1 Å². The Labute approximate surface area is 166 Å². The summed E-state index contributed by atoms with van der Waals surface area (Å²) in [6.45, 7) is 5.98. The Morgan fingerprint density at radius 2 is 2.11 bits per heavy atom. The quantitative estimate of drug-likeness (QED) is 0.325. The van der Waals surface area contributed by atoms with Gasteiger partial charge in [-0.2, -0.15) is 5.10 Å². The van der Waals surface area contributed by atoms with Crippen LogP contribution in [0.2, 0.25) is 0 Å². The first-order valence-electron chi connectivity index (χ1n) is 9.45. The number of ether oxygens (including phenoxy) is 2. The summed E-state index contributed by atoms with van der Waals surface area (Å²) < 4.78 is 12.6. The van der Waals surface area contributed by atoms with Crippen LogP contribution in [0.4, 0.5) is 0 Å². The second-order valence-electron chi connectivity index (χ2n) is 6.68. The Kier molecular flexibility index (Phi) is 8.13. The SMILES string of the molecule is CCNC(=NCC(C)(O)c1cnn(C)c1)NCCCOc1cccc(OC)c1. The summed E-state index contributed by atoms with van der Waals surface area (Å²) >= 11 is 0. The van der Waals surface area contributed by atoms with Crippen molar-refractivity contribution in [2.75, 3.05) is 33.4 Å². The minimum Gasteiger partial charge on any atom is -0.497 e. The van der Waals surface area contributed by atoms with Crippen LogP contribution in [-0.2, 0) is 12.6 Å². The van der Waals surface area contributed by atoms with Gasteiger partial charge in [0.2, 0.25) is 0 Å². The van der Waals surface area contributed by atoms with Crippen molar-refractivity contribution in [2.45, 2.75) is 25.9 Å². The largest absolute Gasteiger partial charge is 0.497 e. The summed E-state index contributed by atoms with van der Waals surface area (Å²) in [7, 11) is 3.46. The molecule has 0 saturated heterocycles. The van der Waals surface area contributed by atoms with Crippen molar-refractivity contribution in [3.8, 4) is 11.5 Å². The lowest BCUT2D eigenvalue weighted by atomic mass is 10.0. The summed E-state index contributed by atoms with van der Waals surface area (Å²) in [4.78, 5) is 4.50. The molecule has 0 radical (unpaired) electrons. The molecule has 0 fully saturated rings. The fraction of sp³-hybridized carbons (Fsp3) is 0.500. The lowest BCUT2D eigenvalue weighted by Gasteiger charge is -2.20. The normalized spacial score (nSPS) is 13.7. The van der Waals surface area contributed by atoms with Gasteiger partial charge in [0.15, 0.2) is 5.96 Å². The van der Waals surface area contributed by atoms with Crippen LogP contribution in [0, 0.1) is 0 Å². The highest BCUT2D eigenvalue weighted by atomic mass is 16.5. The van der Waals surface area contributed by atoms with Gasteiger partial charge in [0.25, 0.3) is 0 Å². The van der Waals surface area contributed by atoms with Crippen molar-refractivity contribution in [3.63, 3.8) is 0 Å². The number of guanidine groups is 1. The van der Waals surface area contributed by atoms with Gasteiger partial charge in [-0.25, -0.2) is 4.99 Å². The number of aliphatic imine (C=N–C) groups is 1. The van der Waals surface area contributed by atoms with Crippen LogP contribution in [0.1, 0.15) is 25.8 Å². The van der Waals surface area contributed by atoms with Crippen molar-refractivity contribution >= 4 is 5.96 Å². The number of benzene rings is 1. The highest BCUT2D eigenvalue weighted by molar-refractivity contribution is 5.79. The zero-order valence-corrected chi connectivity index (χ0v) is 17.1. The molecule has 1 heterocycles. The Morgan fingerprint density at radius 1 is 1.32 bits per heavy atom. The summed E-state index contributed by atoms with van der Waals surface area (Å²) in [6, 6.07) is 7.55. The third-order valence-corrected chi connectivity index (χ3v) is 4.14. The molecule has 3 N–H and O–H groups in total. The molecule has 1 aromatic carbocycles. The second kappa shape index (κ2) is 10.6. The monoisotopic (exact) mass is 389 g/mol. The number of nitrogens with one attached hydrogen (secondary N) is 2. The number of hydrogen-bond donors (Lipinski definition) is 3. The first-order valence-corrected chi connectivity index (χ1v) is 9.45. The molecule has 2 rings (SSSR count). The number of nitrogens with zero attached hydrogens (tertiary/aromatic N) is 3. The van der Waals surface area contributed by atoms with E-state index in [1.165, 1.54) is 0 Å². The zero-order chi connectivity index (χ0) is 20.4. The first-order chi connectivity index (χ1) is 13.4. The van der Waals surface area contributed by atoms with E-state index in [9.17, 15) is 5.11 Å². The van der Waals surface area contributed by atoms with Crippen molar-refractivity contribution < 1.29 is 14.6 Å². The fourth-order valence-corrected chi connectivity index (χ4v) is 2.53. The van der Waals surface area contributed by atoms with E-state index in [1.807, 2.05) is 38.2 Å². The van der Waals surface area contributed by atoms with E-state index < -0.39 is 5.60 Å². The Balaban J connectivity index is 1.79. The van der Waals surface area contributed by atoms with E-state index in [-0.39, 0.29) is 6.54 Å². The molecule has 8 nitrogen and oxygen atoms in total. The smallest absolute Gasteiger partial charge is 0.191 e. The van der Waals surface area contributed by atoms with Crippen LogP contribution in [0.3, 0.4) is 0 Å². The zero-order valence-electron chi connectivity index (χ0n) is 17.1. The molecular formula is C20H31N5O3. The van der Waals surface area contributed by atoms with Crippen LogP contribution in [0.15, 0.2) is 41.7 Å². The van der Waals surface area contributed by atoms with Gasteiger partial charge in [-0.05, 0) is 32.4 Å². The van der Waals surface area contributed by atoms with Crippen LogP contribution in [-0.4, -0.2) is 54.2 Å². The maximum absolute atomic E-state index is 10.6. The van der Waals surface area contributed by atoms with E-state index in [2.05, 4.69) is 20.7 Å². The van der Waals surface area contributed by atoms with E-state index in [0.29, 0.717) is 19.1 Å². The molecule has 0 aliphatic heterocycles. The Morgan fingerprint density at radius 3 is 2.79 bits per heavy atom. The Hall–Kier alpha value is -2.74. The van der Waals surface area contributed by atoms with Crippen LogP contribution < -0.4 is 20.1 Å². The highest BCUT2D eigenvalue weighted by Crippen LogP contribution is 2.20. The summed E-state index contributed by atoms with van der Waals surface area (Å²) in [5.41, 5.74) is -0.340. The second-order valence-corrected chi connectivity index (χ2v) is 6.68. The van der Waals surface area contributed by atoms with Crippen LogP contribution in [0.5, 0.6) is 11.5 Å². The maximum atomic E-state index is 10.6. The molecular weight excluding hydrogens is 358 g/mol. The average Bonchev–Trinajstić information content (AvgIpc) is 3.13. The number of aliphatic hydroxyl groups is 1. The lowest BCUT2D eigenvalue weighted by Crippen LogP contribution is -2.39. The molecule has 8 heteroatoms. The van der Waals surface area contributed by atoms with Gasteiger partial charge >= 0.3 is 0 Å². The maximum Gasteiger partial charge on any atom is 0.191 e. The minimum atomic E-state index is -1.08. The van der Waals surface area contributed by atoms with E-state index in [4.69, 9.17) is 9.47 Å². The molecule has 0 spiro atoms. The first kappa shape index (κ1) is 21.6. The van der Waals surface area contributed by atoms with Gasteiger partial charge in [0.05, 0.1) is 26.5 Å². The van der Waals surface area contributed by atoms with Gasteiger partial charge in [0.1, 0.15) is 17.1 Å². The van der Waals surface area contributed by atoms with Crippen LogP contribution >= 0.6 is 0 Å². The molecule has 28 heavy (non-hydrogen) atoms. The molecule has 0 bridgehead atoms. The molecule has 1 unspecified atom stereocenters. The van der Waals surface area contributed by atoms with Gasteiger partial charge in [-0.3, -0.25) is 4.68 Å². The topological polar surface area (TPSA) is 92.9 Å². The average molecular weight is 390 g/mol. The molecule has 1 atom stereocenters. The summed E-state index contributed by atoms with van der Waals surface area (Å²) in [5, 5.41) is 21.2. The van der Waals surface area contributed by atoms with Crippen molar-refractivity contribution in [1.82, 2.24) is 20.4 Å². The van der Waals surface area contributed by atoms with Crippen molar-refractivity contribution in [1.29, 1.82) is 0 Å². The van der Waals surface area contributed by atoms with Gasteiger partial charge in [0, 0.05) is 38.0 Å². The molecule has 0 aliphatic rings. The summed E-state index contributed by atoms with van der Waals surface area (Å²) in [5.74, 6) is 2.22. The number of methoxy groups -OCH3 is 1. The van der Waals surface area contributed by atoms with Crippen molar-refractivity contribution in [3.05, 3.63) is 42.2 Å². The van der Waals surface area contributed by atoms with Crippen LogP contribution in [0.25, 0.3) is 0 Å². The summed E-state index contributed by atoms with van der Waals surface area (Å²) in [6.07, 6.45) is 4.26. The predicted octanol–water partition coefficient (Wildman–Crippen LogP) is 1.66. The molecule has 154 valence electrons. The van der Waals surface area contributed by atoms with Gasteiger partial charge in [-0.15, -0.1) is 0 Å².